The lowest BCUT2D eigenvalue weighted by Gasteiger charge is -2.39. The van der Waals surface area contributed by atoms with E-state index >= 15 is 0 Å². The molecule has 1 fully saturated rings. The minimum absolute atomic E-state index is 0.0382. The van der Waals surface area contributed by atoms with Crippen LogP contribution < -0.4 is 21.7 Å². The molecule has 7 nitrogen and oxygen atoms in total. The molecule has 0 unspecified atom stereocenters. The van der Waals surface area contributed by atoms with E-state index in [9.17, 15) is 22.8 Å². The Labute approximate surface area is 219 Å². The lowest BCUT2D eigenvalue weighted by atomic mass is 9.98. The van der Waals surface area contributed by atoms with Crippen molar-refractivity contribution in [2.24, 2.45) is 0 Å². The Bertz CT molecular complexity index is 1070. The highest BCUT2D eigenvalue weighted by atomic mass is 32.2. The van der Waals surface area contributed by atoms with Crippen LogP contribution in [0.2, 0.25) is 0 Å². The van der Waals surface area contributed by atoms with Gasteiger partial charge in [0.2, 0.25) is 5.91 Å². The fourth-order valence-electron chi connectivity index (χ4n) is 4.39. The number of rotatable bonds is 10. The second-order valence-electron chi connectivity index (χ2n) is 9.12. The quantitative estimate of drug-likeness (QED) is 0.274. The lowest BCUT2D eigenvalue weighted by molar-refractivity contribution is -0.137. The molecule has 0 aliphatic carbocycles. The van der Waals surface area contributed by atoms with Crippen LogP contribution in [0.4, 0.5) is 18.9 Å². The number of benzene rings is 2. The van der Waals surface area contributed by atoms with E-state index in [4.69, 9.17) is 5.73 Å². The average molecular weight is 538 g/mol. The normalized spacial score (nSPS) is 18.4. The number of halogens is 3. The van der Waals surface area contributed by atoms with Gasteiger partial charge < -0.3 is 26.6 Å². The van der Waals surface area contributed by atoms with Crippen molar-refractivity contribution in [2.75, 3.05) is 38.2 Å². The van der Waals surface area contributed by atoms with Gasteiger partial charge in [0.25, 0.3) is 5.91 Å². The molecule has 202 valence electrons. The van der Waals surface area contributed by atoms with Crippen molar-refractivity contribution in [2.45, 2.75) is 49.5 Å². The molecule has 0 bridgehead atoms. The average Bonchev–Trinajstić information content (AvgIpc) is 2.86. The highest BCUT2D eigenvalue weighted by Crippen LogP contribution is 2.31. The molecule has 37 heavy (non-hydrogen) atoms. The van der Waals surface area contributed by atoms with E-state index in [1.807, 2.05) is 6.26 Å². The summed E-state index contributed by atoms with van der Waals surface area (Å²) in [6.45, 7) is 4.91. The smallest absolute Gasteiger partial charge is 0.399 e. The predicted octanol–water partition coefficient (Wildman–Crippen LogP) is 3.50. The van der Waals surface area contributed by atoms with Crippen molar-refractivity contribution < 1.29 is 22.8 Å². The molecule has 0 aromatic heterocycles. The Morgan fingerprint density at radius 1 is 1.14 bits per heavy atom. The van der Waals surface area contributed by atoms with Crippen LogP contribution in [0, 0.1) is 0 Å². The maximum Gasteiger partial charge on any atom is 0.416 e. The molecule has 5 N–H and O–H groups in total. The molecule has 2 aromatic rings. The molecular weight excluding hydrogens is 503 g/mol. The van der Waals surface area contributed by atoms with Crippen LogP contribution in [-0.2, 0) is 17.5 Å². The summed E-state index contributed by atoms with van der Waals surface area (Å²) in [6.07, 6.45) is -0.755. The SMILES string of the molecule is CCCN1CC[C@@H](NCc2ccc(SC)cc2)[C@@H](NC(=O)CNC(=O)c2cc(N)cc(C(F)(F)F)c2)C1. The highest BCUT2D eigenvalue weighted by Gasteiger charge is 2.32. The summed E-state index contributed by atoms with van der Waals surface area (Å²) in [5.41, 5.74) is 5.24. The van der Waals surface area contributed by atoms with Crippen molar-refractivity contribution in [1.29, 1.82) is 0 Å². The molecule has 0 radical (unpaired) electrons. The zero-order valence-corrected chi connectivity index (χ0v) is 21.8. The van der Waals surface area contributed by atoms with Gasteiger partial charge in [-0.1, -0.05) is 19.1 Å². The van der Waals surface area contributed by atoms with Crippen LogP contribution in [0.15, 0.2) is 47.4 Å². The fourth-order valence-corrected chi connectivity index (χ4v) is 4.80. The summed E-state index contributed by atoms with van der Waals surface area (Å²) in [6, 6.07) is 10.8. The Balaban J connectivity index is 1.59. The number of nitrogen functional groups attached to an aromatic ring is 1. The number of nitrogens with zero attached hydrogens (tertiary/aromatic N) is 1. The Kier molecular flexibility index (Phi) is 10.2. The van der Waals surface area contributed by atoms with Crippen molar-refractivity contribution in [1.82, 2.24) is 20.9 Å². The van der Waals surface area contributed by atoms with E-state index in [0.29, 0.717) is 13.1 Å². The Morgan fingerprint density at radius 2 is 1.86 bits per heavy atom. The van der Waals surface area contributed by atoms with Crippen molar-refractivity contribution in [3.63, 3.8) is 0 Å². The summed E-state index contributed by atoms with van der Waals surface area (Å²) in [4.78, 5) is 28.6. The molecule has 2 aromatic carbocycles. The molecular formula is C26H34F3N5O2S. The highest BCUT2D eigenvalue weighted by molar-refractivity contribution is 7.98. The number of thioether (sulfide) groups is 1. The third kappa shape index (κ3) is 8.65. The number of nitrogens with one attached hydrogen (secondary N) is 3. The summed E-state index contributed by atoms with van der Waals surface area (Å²) in [5.74, 6) is -1.21. The molecule has 1 heterocycles. The van der Waals surface area contributed by atoms with E-state index in [0.717, 1.165) is 49.7 Å². The van der Waals surface area contributed by atoms with Crippen LogP contribution in [-0.4, -0.2) is 61.2 Å². The summed E-state index contributed by atoms with van der Waals surface area (Å²) < 4.78 is 39.2. The predicted molar refractivity (Wildman–Crippen MR) is 140 cm³/mol. The molecule has 3 rings (SSSR count). The van der Waals surface area contributed by atoms with Crippen LogP contribution in [0.1, 0.15) is 41.3 Å². The van der Waals surface area contributed by atoms with Crippen LogP contribution in [0.5, 0.6) is 0 Å². The maximum atomic E-state index is 13.1. The zero-order valence-electron chi connectivity index (χ0n) is 21.0. The number of carbonyl (C=O) groups excluding carboxylic acids is 2. The number of alkyl halides is 3. The van der Waals surface area contributed by atoms with Gasteiger partial charge in [0.15, 0.2) is 0 Å². The van der Waals surface area contributed by atoms with Crippen molar-refractivity contribution in [3.8, 4) is 0 Å². The Hall–Kier alpha value is -2.76. The first-order valence-corrected chi connectivity index (χ1v) is 13.5. The van der Waals surface area contributed by atoms with Gasteiger partial charge >= 0.3 is 6.18 Å². The molecule has 2 amide bonds. The first-order chi connectivity index (χ1) is 17.6. The van der Waals surface area contributed by atoms with Gasteiger partial charge in [0.05, 0.1) is 18.2 Å². The first-order valence-electron chi connectivity index (χ1n) is 12.2. The molecule has 1 saturated heterocycles. The number of nitrogens with two attached hydrogens (primary N) is 1. The van der Waals surface area contributed by atoms with Gasteiger partial charge in [-0.2, -0.15) is 13.2 Å². The fraction of sp³-hybridized carbons (Fsp3) is 0.462. The minimum Gasteiger partial charge on any atom is -0.399 e. The topological polar surface area (TPSA) is 99.5 Å². The molecule has 1 aliphatic heterocycles. The van der Waals surface area contributed by atoms with Gasteiger partial charge in [-0.05, 0) is 68.1 Å². The number of carbonyl (C=O) groups is 2. The standard InChI is InChI=1S/C26H34F3N5O2S/c1-3-9-34-10-8-22(31-14-17-4-6-21(37-2)7-5-17)23(16-34)33-24(35)15-32-25(36)18-11-19(26(27,28)29)13-20(30)12-18/h4-7,11-13,22-23,31H,3,8-10,14-16,30H2,1-2H3,(H,32,36)(H,33,35)/t22-,23+/m1/s1. The van der Waals surface area contributed by atoms with Gasteiger partial charge in [0.1, 0.15) is 0 Å². The third-order valence-corrected chi connectivity index (χ3v) is 7.01. The van der Waals surface area contributed by atoms with Crippen LogP contribution in [0.3, 0.4) is 0 Å². The zero-order chi connectivity index (χ0) is 27.0. The lowest BCUT2D eigenvalue weighted by Crippen LogP contribution is -2.60. The van der Waals surface area contributed by atoms with E-state index in [2.05, 4.69) is 52.0 Å². The minimum atomic E-state index is -4.63. The molecule has 0 spiro atoms. The van der Waals surface area contributed by atoms with E-state index in [-0.39, 0.29) is 29.9 Å². The second-order valence-corrected chi connectivity index (χ2v) is 10.0. The maximum absolute atomic E-state index is 13.1. The van der Waals surface area contributed by atoms with Gasteiger partial charge in [-0.25, -0.2) is 0 Å². The summed E-state index contributed by atoms with van der Waals surface area (Å²) in [5, 5.41) is 8.96. The molecule has 2 atom stereocenters. The molecule has 11 heteroatoms. The molecule has 1 aliphatic rings. The number of likely N-dealkylation sites (tertiary alicyclic amines) is 1. The number of hydrogen-bond donors (Lipinski definition) is 4. The van der Waals surface area contributed by atoms with E-state index in [1.54, 1.807) is 11.8 Å². The van der Waals surface area contributed by atoms with Gasteiger partial charge in [-0.15, -0.1) is 11.8 Å². The van der Waals surface area contributed by atoms with E-state index in [1.165, 1.54) is 4.90 Å². The number of hydrogen-bond acceptors (Lipinski definition) is 6. The van der Waals surface area contributed by atoms with Crippen molar-refractivity contribution >= 4 is 29.3 Å². The third-order valence-electron chi connectivity index (χ3n) is 6.26. The van der Waals surface area contributed by atoms with Crippen molar-refractivity contribution in [3.05, 3.63) is 59.2 Å². The number of amides is 2. The largest absolute Gasteiger partial charge is 0.416 e. The van der Waals surface area contributed by atoms with E-state index < -0.39 is 23.6 Å². The number of anilines is 1. The van der Waals surface area contributed by atoms with Gasteiger partial charge in [-0.3, -0.25) is 9.59 Å². The summed E-state index contributed by atoms with van der Waals surface area (Å²) >= 11 is 1.68. The Morgan fingerprint density at radius 3 is 2.51 bits per heavy atom. The summed E-state index contributed by atoms with van der Waals surface area (Å²) in [7, 11) is 0. The number of piperidine rings is 1. The first kappa shape index (κ1) is 28.8. The van der Waals surface area contributed by atoms with Crippen LogP contribution in [0.25, 0.3) is 0 Å². The monoisotopic (exact) mass is 537 g/mol. The second kappa shape index (κ2) is 13.2. The molecule has 0 saturated carbocycles. The van der Waals surface area contributed by atoms with Gasteiger partial charge in [0, 0.05) is 35.3 Å². The van der Waals surface area contributed by atoms with Crippen LogP contribution >= 0.6 is 11.8 Å².